The van der Waals surface area contributed by atoms with Crippen molar-refractivity contribution in [3.05, 3.63) is 16.3 Å². The van der Waals surface area contributed by atoms with Crippen LogP contribution >= 0.6 is 11.3 Å². The molecule has 6 heteroatoms. The predicted octanol–water partition coefficient (Wildman–Crippen LogP) is 0.938. The Labute approximate surface area is 80.1 Å². The van der Waals surface area contributed by atoms with Crippen LogP contribution in [0.5, 0.6) is 0 Å². The van der Waals surface area contributed by atoms with Gasteiger partial charge in [-0.1, -0.05) is 0 Å². The molecule has 0 aliphatic rings. The summed E-state index contributed by atoms with van der Waals surface area (Å²) in [5.41, 5.74) is 0. The summed E-state index contributed by atoms with van der Waals surface area (Å²) in [6.07, 6.45) is 1.06. The van der Waals surface area contributed by atoms with Crippen molar-refractivity contribution in [1.82, 2.24) is 0 Å². The molecular weight excluding hydrogens is 212 g/mol. The highest BCUT2D eigenvalue weighted by atomic mass is 32.2. The Morgan fingerprint density at radius 1 is 1.54 bits per heavy atom. The van der Waals surface area contributed by atoms with E-state index in [1.165, 1.54) is 13.2 Å². The van der Waals surface area contributed by atoms with Gasteiger partial charge in [0, 0.05) is 6.26 Å². The highest BCUT2D eigenvalue weighted by molar-refractivity contribution is 7.91. The van der Waals surface area contributed by atoms with E-state index in [1.54, 1.807) is 5.38 Å². The Morgan fingerprint density at radius 3 is 2.62 bits per heavy atom. The summed E-state index contributed by atoms with van der Waals surface area (Å²) in [4.78, 5) is 11.2. The predicted molar refractivity (Wildman–Crippen MR) is 48.8 cm³/mol. The third-order valence-electron chi connectivity index (χ3n) is 1.40. The third-order valence-corrected chi connectivity index (χ3v) is 3.56. The van der Waals surface area contributed by atoms with Crippen LogP contribution < -0.4 is 0 Å². The quantitative estimate of drug-likeness (QED) is 0.696. The summed E-state index contributed by atoms with van der Waals surface area (Å²) in [5, 5.41) is 1.54. The molecule has 0 aliphatic carbocycles. The van der Waals surface area contributed by atoms with Crippen LogP contribution in [-0.2, 0) is 14.6 Å². The first-order valence-corrected chi connectivity index (χ1v) is 6.10. The average molecular weight is 220 g/mol. The van der Waals surface area contributed by atoms with E-state index in [4.69, 9.17) is 0 Å². The fourth-order valence-electron chi connectivity index (χ4n) is 0.831. The topological polar surface area (TPSA) is 60.4 Å². The van der Waals surface area contributed by atoms with Gasteiger partial charge in [0.05, 0.1) is 12.0 Å². The summed E-state index contributed by atoms with van der Waals surface area (Å²) in [6.45, 7) is 0. The molecule has 1 heterocycles. The van der Waals surface area contributed by atoms with Crippen molar-refractivity contribution in [3.63, 3.8) is 0 Å². The van der Waals surface area contributed by atoms with E-state index < -0.39 is 15.8 Å². The van der Waals surface area contributed by atoms with Crippen molar-refractivity contribution in [2.75, 3.05) is 13.4 Å². The maximum atomic E-state index is 11.1. The normalized spacial score (nSPS) is 11.2. The molecule has 0 saturated carbocycles. The highest BCUT2D eigenvalue weighted by Gasteiger charge is 2.20. The molecule has 0 radical (unpaired) electrons. The van der Waals surface area contributed by atoms with Crippen LogP contribution in [0.3, 0.4) is 0 Å². The van der Waals surface area contributed by atoms with Gasteiger partial charge in [0.25, 0.3) is 0 Å². The molecule has 1 aromatic heterocycles. The molecule has 0 spiro atoms. The second-order valence-corrected chi connectivity index (χ2v) is 5.28. The Kier molecular flexibility index (Phi) is 2.72. The van der Waals surface area contributed by atoms with Crippen molar-refractivity contribution in [2.24, 2.45) is 0 Å². The van der Waals surface area contributed by atoms with Gasteiger partial charge < -0.3 is 4.74 Å². The summed E-state index contributed by atoms with van der Waals surface area (Å²) >= 11 is 1.06. The van der Waals surface area contributed by atoms with E-state index >= 15 is 0 Å². The van der Waals surface area contributed by atoms with Crippen LogP contribution in [0.1, 0.15) is 9.67 Å². The van der Waals surface area contributed by atoms with Gasteiger partial charge in [-0.2, -0.15) is 0 Å². The lowest BCUT2D eigenvalue weighted by Crippen LogP contribution is -2.05. The van der Waals surface area contributed by atoms with E-state index in [9.17, 15) is 13.2 Å². The highest BCUT2D eigenvalue weighted by Crippen LogP contribution is 2.22. The van der Waals surface area contributed by atoms with Crippen LogP contribution in [0.15, 0.2) is 16.3 Å². The smallest absolute Gasteiger partial charge is 0.349 e. The lowest BCUT2D eigenvalue weighted by atomic mass is 10.5. The number of hydrogen-bond acceptors (Lipinski definition) is 5. The van der Waals surface area contributed by atoms with Gasteiger partial charge in [0.1, 0.15) is 4.88 Å². The number of hydrogen-bond donors (Lipinski definition) is 0. The first kappa shape index (κ1) is 10.2. The monoisotopic (exact) mass is 220 g/mol. The molecule has 1 aromatic rings. The maximum Gasteiger partial charge on any atom is 0.349 e. The molecule has 72 valence electrons. The summed E-state index contributed by atoms with van der Waals surface area (Å²) < 4.78 is 26.7. The summed E-state index contributed by atoms with van der Waals surface area (Å²) in [6, 6.07) is 1.40. The van der Waals surface area contributed by atoms with Crippen LogP contribution in [0.4, 0.5) is 0 Å². The molecule has 0 atom stereocenters. The number of rotatable bonds is 2. The molecule has 0 N–H and O–H groups in total. The Morgan fingerprint density at radius 2 is 2.15 bits per heavy atom. The lowest BCUT2D eigenvalue weighted by Gasteiger charge is -1.98. The molecule has 0 unspecified atom stereocenters. The summed E-state index contributed by atoms with van der Waals surface area (Å²) in [7, 11) is -2.12. The minimum atomic E-state index is -3.34. The van der Waals surface area contributed by atoms with Crippen LogP contribution in [0, 0.1) is 0 Å². The Balaban J connectivity index is 3.26. The largest absolute Gasteiger partial charge is 0.465 e. The molecule has 0 aliphatic heterocycles. The standard InChI is InChI=1S/C7H8O4S2/c1-11-7(8)6-5(3-4-12-6)13(2,9)10/h3-4H,1-2H3. The van der Waals surface area contributed by atoms with Gasteiger partial charge >= 0.3 is 5.97 Å². The van der Waals surface area contributed by atoms with Crippen molar-refractivity contribution in [3.8, 4) is 0 Å². The minimum absolute atomic E-state index is 0.0318. The molecule has 0 bridgehead atoms. The van der Waals surface area contributed by atoms with E-state index in [1.807, 2.05) is 0 Å². The zero-order valence-electron chi connectivity index (χ0n) is 7.10. The second-order valence-electron chi connectivity index (χ2n) is 2.38. The fourth-order valence-corrected chi connectivity index (χ4v) is 2.95. The molecule has 13 heavy (non-hydrogen) atoms. The molecule has 0 amide bonds. The zero-order valence-corrected chi connectivity index (χ0v) is 8.74. The molecule has 4 nitrogen and oxygen atoms in total. The summed E-state index contributed by atoms with van der Waals surface area (Å²) in [5.74, 6) is -0.615. The number of methoxy groups -OCH3 is 1. The number of carbonyl (C=O) groups excluding carboxylic acids is 1. The van der Waals surface area contributed by atoms with E-state index in [-0.39, 0.29) is 9.77 Å². The van der Waals surface area contributed by atoms with Crippen LogP contribution in [0.2, 0.25) is 0 Å². The van der Waals surface area contributed by atoms with Crippen molar-refractivity contribution >= 4 is 27.1 Å². The first-order valence-electron chi connectivity index (χ1n) is 3.32. The SMILES string of the molecule is COC(=O)c1sccc1S(C)(=O)=O. The lowest BCUT2D eigenvalue weighted by molar-refractivity contribution is 0.0602. The fraction of sp³-hybridized carbons (Fsp3) is 0.286. The van der Waals surface area contributed by atoms with Gasteiger partial charge in [-0.25, -0.2) is 13.2 Å². The Hall–Kier alpha value is -0.880. The number of sulfone groups is 1. The van der Waals surface area contributed by atoms with E-state index in [0.29, 0.717) is 0 Å². The number of esters is 1. The molecule has 1 rings (SSSR count). The third kappa shape index (κ3) is 2.07. The van der Waals surface area contributed by atoms with Gasteiger partial charge in [0.2, 0.25) is 0 Å². The molecule has 0 saturated heterocycles. The van der Waals surface area contributed by atoms with Gasteiger partial charge in [0.15, 0.2) is 9.84 Å². The van der Waals surface area contributed by atoms with Crippen molar-refractivity contribution < 1.29 is 17.9 Å². The second kappa shape index (κ2) is 3.47. The van der Waals surface area contributed by atoms with Crippen LogP contribution in [-0.4, -0.2) is 27.8 Å². The van der Waals surface area contributed by atoms with E-state index in [0.717, 1.165) is 17.6 Å². The minimum Gasteiger partial charge on any atom is -0.465 e. The molecule has 0 fully saturated rings. The number of thiophene rings is 1. The average Bonchev–Trinajstić information content (AvgIpc) is 2.49. The zero-order chi connectivity index (χ0) is 10.1. The van der Waals surface area contributed by atoms with Gasteiger partial charge in [-0.05, 0) is 11.4 Å². The number of carbonyl (C=O) groups is 1. The van der Waals surface area contributed by atoms with Crippen molar-refractivity contribution in [1.29, 1.82) is 0 Å². The first-order chi connectivity index (χ1) is 5.96. The maximum absolute atomic E-state index is 11.1. The molecule has 0 aromatic carbocycles. The van der Waals surface area contributed by atoms with Crippen molar-refractivity contribution in [2.45, 2.75) is 4.90 Å². The number of ether oxygens (including phenoxy) is 1. The van der Waals surface area contributed by atoms with Crippen LogP contribution in [0.25, 0.3) is 0 Å². The van der Waals surface area contributed by atoms with Gasteiger partial charge in [-0.15, -0.1) is 11.3 Å². The molecular formula is C7H8O4S2. The van der Waals surface area contributed by atoms with E-state index in [2.05, 4.69) is 4.74 Å². The van der Waals surface area contributed by atoms with Gasteiger partial charge in [-0.3, -0.25) is 0 Å². The Bertz CT molecular complexity index is 415.